The zero-order valence-electron chi connectivity index (χ0n) is 18.0. The number of halogens is 1. The number of carbonyl (C=O) groups excluding carboxylic acids is 1. The van der Waals surface area contributed by atoms with Gasteiger partial charge in [-0.15, -0.1) is 0 Å². The molecule has 0 fully saturated rings. The van der Waals surface area contributed by atoms with Crippen LogP contribution < -0.4 is 10.0 Å². The van der Waals surface area contributed by atoms with E-state index >= 15 is 0 Å². The number of sulfonamides is 1. The van der Waals surface area contributed by atoms with Crippen LogP contribution in [0.5, 0.6) is 0 Å². The molecule has 0 aliphatic carbocycles. The van der Waals surface area contributed by atoms with Crippen LogP contribution in [-0.4, -0.2) is 24.1 Å². The number of nitrogens with zero attached hydrogens (tertiary/aromatic N) is 2. The van der Waals surface area contributed by atoms with Crippen LogP contribution in [0.2, 0.25) is 5.15 Å². The zero-order valence-corrected chi connectivity index (χ0v) is 19.6. The van der Waals surface area contributed by atoms with Crippen molar-refractivity contribution in [3.8, 4) is 0 Å². The second kappa shape index (κ2) is 10.2. The van der Waals surface area contributed by atoms with E-state index in [0.29, 0.717) is 34.6 Å². The largest absolute Gasteiger partial charge is 0.468 e. The van der Waals surface area contributed by atoms with Gasteiger partial charge in [-0.1, -0.05) is 31.5 Å². The molecule has 2 N–H and O–H groups in total. The summed E-state index contributed by atoms with van der Waals surface area (Å²) >= 11 is 6.39. The van der Waals surface area contributed by atoms with Crippen LogP contribution in [0.4, 0.5) is 5.69 Å². The number of anilines is 1. The summed E-state index contributed by atoms with van der Waals surface area (Å²) in [6, 6.07) is 9.34. The van der Waals surface area contributed by atoms with Crippen LogP contribution >= 0.6 is 11.6 Å². The summed E-state index contributed by atoms with van der Waals surface area (Å²) in [5.41, 5.74) is 1.73. The summed E-state index contributed by atoms with van der Waals surface area (Å²) < 4.78 is 34.4. The topological polar surface area (TPSA) is 106 Å². The van der Waals surface area contributed by atoms with Gasteiger partial charge in [-0.3, -0.25) is 9.48 Å². The van der Waals surface area contributed by atoms with Crippen LogP contribution in [0.15, 0.2) is 58.1 Å². The highest BCUT2D eigenvalue weighted by Gasteiger charge is 2.16. The number of hydrogen-bond acceptors (Lipinski definition) is 5. The number of aromatic nitrogens is 2. The maximum Gasteiger partial charge on any atom is 0.248 e. The van der Waals surface area contributed by atoms with Gasteiger partial charge < -0.3 is 9.73 Å². The lowest BCUT2D eigenvalue weighted by Crippen LogP contribution is -2.23. The highest BCUT2D eigenvalue weighted by atomic mass is 35.5. The SMILES string of the molecule is Cc1nn(CC(C)C)c(Cl)c1/C=C/C(=O)Nc1cccc(S(=O)(=O)NCc2ccco2)c1. The first kappa shape index (κ1) is 23.8. The van der Waals surface area contributed by atoms with E-state index < -0.39 is 15.9 Å². The van der Waals surface area contributed by atoms with Gasteiger partial charge in [0.05, 0.1) is 23.4 Å². The second-order valence-corrected chi connectivity index (χ2v) is 9.75. The fourth-order valence-corrected chi connectivity index (χ4v) is 4.32. The molecule has 0 saturated carbocycles. The van der Waals surface area contributed by atoms with Crippen LogP contribution in [0.1, 0.15) is 30.9 Å². The van der Waals surface area contributed by atoms with Crippen molar-refractivity contribution in [1.29, 1.82) is 0 Å². The number of hydrogen-bond donors (Lipinski definition) is 2. The summed E-state index contributed by atoms with van der Waals surface area (Å²) in [6.07, 6.45) is 4.41. The maximum atomic E-state index is 12.5. The minimum Gasteiger partial charge on any atom is -0.468 e. The summed E-state index contributed by atoms with van der Waals surface area (Å²) in [6.45, 7) is 6.66. The van der Waals surface area contributed by atoms with Crippen LogP contribution in [0.25, 0.3) is 6.08 Å². The van der Waals surface area contributed by atoms with Crippen LogP contribution in [-0.2, 0) is 27.9 Å². The summed E-state index contributed by atoms with van der Waals surface area (Å²) in [5.74, 6) is 0.452. The Morgan fingerprint density at radius 3 is 2.75 bits per heavy atom. The number of aryl methyl sites for hydroxylation is 1. The number of carbonyl (C=O) groups is 1. The molecule has 0 radical (unpaired) electrons. The molecular weight excluding hydrogens is 452 g/mol. The van der Waals surface area contributed by atoms with Gasteiger partial charge in [-0.2, -0.15) is 5.10 Å². The molecule has 0 aliphatic rings. The van der Waals surface area contributed by atoms with Gasteiger partial charge in [0.25, 0.3) is 0 Å². The predicted octanol–water partition coefficient (Wildman–Crippen LogP) is 4.22. The van der Waals surface area contributed by atoms with Gasteiger partial charge >= 0.3 is 0 Å². The lowest BCUT2D eigenvalue weighted by atomic mass is 10.2. The molecule has 8 nitrogen and oxygen atoms in total. The van der Waals surface area contributed by atoms with Crippen molar-refractivity contribution in [2.45, 2.75) is 38.8 Å². The smallest absolute Gasteiger partial charge is 0.248 e. The first-order valence-corrected chi connectivity index (χ1v) is 11.9. The molecule has 0 bridgehead atoms. The molecule has 1 amide bonds. The van der Waals surface area contributed by atoms with Gasteiger partial charge in [0.15, 0.2) is 0 Å². The fourth-order valence-electron chi connectivity index (χ4n) is 2.97. The lowest BCUT2D eigenvalue weighted by molar-refractivity contribution is -0.111. The Morgan fingerprint density at radius 1 is 1.28 bits per heavy atom. The molecule has 170 valence electrons. The second-order valence-electron chi connectivity index (χ2n) is 7.62. The number of rotatable bonds is 9. The van der Waals surface area contributed by atoms with Crippen LogP contribution in [0.3, 0.4) is 0 Å². The van der Waals surface area contributed by atoms with Crippen molar-refractivity contribution >= 4 is 39.3 Å². The average Bonchev–Trinajstić information content (AvgIpc) is 3.33. The van der Waals surface area contributed by atoms with Crippen molar-refractivity contribution in [2.75, 3.05) is 5.32 Å². The number of furan rings is 1. The first-order valence-electron chi connectivity index (χ1n) is 10.00. The highest BCUT2D eigenvalue weighted by molar-refractivity contribution is 7.89. The zero-order chi connectivity index (χ0) is 23.3. The van der Waals surface area contributed by atoms with Crippen molar-refractivity contribution in [1.82, 2.24) is 14.5 Å². The molecule has 0 unspecified atom stereocenters. The number of amides is 1. The monoisotopic (exact) mass is 476 g/mol. The maximum absolute atomic E-state index is 12.5. The molecule has 0 spiro atoms. The molecule has 10 heteroatoms. The minimum absolute atomic E-state index is 0.0270. The van der Waals surface area contributed by atoms with E-state index in [4.69, 9.17) is 16.0 Å². The number of nitrogens with one attached hydrogen (secondary N) is 2. The molecule has 0 saturated heterocycles. The molecule has 0 atom stereocenters. The Labute approximate surface area is 192 Å². The van der Waals surface area contributed by atoms with E-state index in [0.717, 1.165) is 5.69 Å². The Hall–Kier alpha value is -2.88. The van der Waals surface area contributed by atoms with Gasteiger partial charge in [0.2, 0.25) is 15.9 Å². The minimum atomic E-state index is -3.78. The van der Waals surface area contributed by atoms with Gasteiger partial charge in [-0.25, -0.2) is 13.1 Å². The average molecular weight is 477 g/mol. The standard InChI is InChI=1S/C22H25ClN4O4S/c1-15(2)14-27-22(23)20(16(3)26-27)9-10-21(28)25-17-6-4-8-19(12-17)32(29,30)24-13-18-7-5-11-31-18/h4-12,15,24H,13-14H2,1-3H3,(H,25,28)/b10-9+. The molecule has 3 rings (SSSR count). The van der Waals surface area contributed by atoms with E-state index in [1.54, 1.807) is 35.0 Å². The third kappa shape index (κ3) is 6.09. The van der Waals surface area contributed by atoms with Gasteiger partial charge in [0.1, 0.15) is 10.9 Å². The van der Waals surface area contributed by atoms with E-state index in [1.165, 1.54) is 24.5 Å². The normalized spacial score (nSPS) is 12.0. The predicted molar refractivity (Wildman–Crippen MR) is 124 cm³/mol. The van der Waals surface area contributed by atoms with Crippen molar-refractivity contribution in [3.63, 3.8) is 0 Å². The Morgan fingerprint density at radius 2 is 2.06 bits per heavy atom. The highest BCUT2D eigenvalue weighted by Crippen LogP contribution is 2.22. The van der Waals surface area contributed by atoms with E-state index in [-0.39, 0.29) is 11.4 Å². The quantitative estimate of drug-likeness (QED) is 0.449. The summed E-state index contributed by atoms with van der Waals surface area (Å²) in [7, 11) is -3.78. The Bertz CT molecular complexity index is 1210. The van der Waals surface area contributed by atoms with Crippen molar-refractivity contribution in [3.05, 3.63) is 70.9 Å². The Kier molecular flexibility index (Phi) is 7.55. The molecule has 0 aliphatic heterocycles. The molecule has 32 heavy (non-hydrogen) atoms. The van der Waals surface area contributed by atoms with E-state index in [9.17, 15) is 13.2 Å². The van der Waals surface area contributed by atoms with E-state index in [2.05, 4.69) is 29.0 Å². The summed E-state index contributed by atoms with van der Waals surface area (Å²) in [4.78, 5) is 12.4. The third-order valence-electron chi connectivity index (χ3n) is 4.48. The summed E-state index contributed by atoms with van der Waals surface area (Å²) in [5, 5.41) is 7.54. The van der Waals surface area contributed by atoms with Crippen molar-refractivity contribution in [2.24, 2.45) is 5.92 Å². The third-order valence-corrected chi connectivity index (χ3v) is 6.27. The number of benzene rings is 1. The molecule has 1 aromatic carbocycles. The first-order chi connectivity index (χ1) is 15.2. The Balaban J connectivity index is 1.68. The van der Waals surface area contributed by atoms with Gasteiger partial charge in [0, 0.05) is 23.9 Å². The fraction of sp³-hybridized carbons (Fsp3) is 0.273. The lowest BCUT2D eigenvalue weighted by Gasteiger charge is -2.08. The molecular formula is C22H25ClN4O4S. The van der Waals surface area contributed by atoms with Crippen LogP contribution in [0, 0.1) is 12.8 Å². The van der Waals surface area contributed by atoms with Crippen molar-refractivity contribution < 1.29 is 17.6 Å². The molecule has 2 aromatic heterocycles. The van der Waals surface area contributed by atoms with Gasteiger partial charge in [-0.05, 0) is 49.2 Å². The van der Waals surface area contributed by atoms with E-state index in [1.807, 2.05) is 6.92 Å². The molecule has 2 heterocycles. The molecule has 3 aromatic rings.